The molecule has 5 rings (SSSR count). The van der Waals surface area contributed by atoms with E-state index < -0.39 is 17.7 Å². The Kier molecular flexibility index (Phi) is 5.82. The summed E-state index contributed by atoms with van der Waals surface area (Å²) >= 11 is 2.97. The Bertz CT molecular complexity index is 1330. The molecule has 1 N–H and O–H groups in total. The van der Waals surface area contributed by atoms with Gasteiger partial charge in [0, 0.05) is 33.8 Å². The second kappa shape index (κ2) is 8.80. The number of aromatic nitrogens is 3. The van der Waals surface area contributed by atoms with Crippen molar-refractivity contribution >= 4 is 39.6 Å². The van der Waals surface area contributed by atoms with Crippen LogP contribution in [0, 0.1) is 0 Å². The van der Waals surface area contributed by atoms with E-state index in [1.165, 1.54) is 11.3 Å². The first kappa shape index (κ1) is 22.5. The van der Waals surface area contributed by atoms with Crippen LogP contribution in [0.4, 0.5) is 24.1 Å². The van der Waals surface area contributed by atoms with Crippen LogP contribution >= 0.6 is 22.7 Å². The second-order valence-corrected chi connectivity index (χ2v) is 9.58. The molecule has 3 heterocycles. The van der Waals surface area contributed by atoms with Gasteiger partial charge < -0.3 is 10.1 Å². The summed E-state index contributed by atoms with van der Waals surface area (Å²) in [4.78, 5) is 26.1. The first-order chi connectivity index (χ1) is 16.3. The van der Waals surface area contributed by atoms with Gasteiger partial charge in [-0.25, -0.2) is 19.7 Å². The molecule has 0 radical (unpaired) electrons. The van der Waals surface area contributed by atoms with E-state index in [9.17, 15) is 18.0 Å². The van der Waals surface area contributed by atoms with Crippen molar-refractivity contribution in [2.45, 2.75) is 24.9 Å². The minimum atomic E-state index is -4.63. The van der Waals surface area contributed by atoms with Crippen LogP contribution in [0.5, 0.6) is 0 Å². The van der Waals surface area contributed by atoms with Gasteiger partial charge in [-0.2, -0.15) is 13.2 Å². The number of hydrogen-bond acceptors (Lipinski definition) is 8. The molecular formula is C23H17F3N4O2S2. The van der Waals surface area contributed by atoms with Gasteiger partial charge in [0.2, 0.25) is 0 Å². The number of halogens is 3. The molecule has 1 fully saturated rings. The largest absolute Gasteiger partial charge is 0.465 e. The van der Waals surface area contributed by atoms with E-state index in [-0.39, 0.29) is 11.4 Å². The van der Waals surface area contributed by atoms with Gasteiger partial charge in [0.05, 0.1) is 18.4 Å². The number of carbonyl (C=O) groups is 1. The predicted octanol–water partition coefficient (Wildman–Crippen LogP) is 6.76. The number of methoxy groups -OCH3 is 1. The van der Waals surface area contributed by atoms with Gasteiger partial charge in [-0.3, -0.25) is 0 Å². The highest BCUT2D eigenvalue weighted by Gasteiger charge is 2.33. The Morgan fingerprint density at radius 2 is 1.88 bits per heavy atom. The molecule has 6 nitrogen and oxygen atoms in total. The summed E-state index contributed by atoms with van der Waals surface area (Å²) in [5.41, 5.74) is 1.41. The molecule has 34 heavy (non-hydrogen) atoms. The molecule has 0 saturated heterocycles. The SMILES string of the molecule is COC(=O)c1cc(C(F)(F)F)cnc1Nc1nc(-c2ccc(-c3nccs3)cc2)c(C2CC2)s1. The molecule has 0 spiro atoms. The standard InChI is InChI=1S/C23H17F3N4O2S2/c1-32-21(31)16-10-15(23(24,25)26)11-28-19(16)30-22-29-17(18(34-22)13-4-5-13)12-2-6-14(7-3-12)20-27-8-9-33-20/h2-3,6-11,13H,4-5H2,1H3,(H,28,29,30). The number of ether oxygens (including phenoxy) is 1. The van der Waals surface area contributed by atoms with Gasteiger partial charge in [-0.05, 0) is 24.8 Å². The molecule has 1 aliphatic rings. The van der Waals surface area contributed by atoms with Crippen molar-refractivity contribution in [3.05, 3.63) is 64.1 Å². The Morgan fingerprint density at radius 3 is 2.50 bits per heavy atom. The Labute approximate surface area is 200 Å². The van der Waals surface area contributed by atoms with Crippen molar-refractivity contribution in [3.63, 3.8) is 0 Å². The van der Waals surface area contributed by atoms with E-state index in [1.54, 1.807) is 17.5 Å². The normalized spacial score (nSPS) is 13.6. The minimum absolute atomic E-state index is 0.0402. The lowest BCUT2D eigenvalue weighted by Crippen LogP contribution is -2.12. The number of anilines is 2. The maximum absolute atomic E-state index is 13.1. The highest BCUT2D eigenvalue weighted by Crippen LogP contribution is 2.49. The number of pyridine rings is 1. The molecule has 11 heteroatoms. The number of thiazole rings is 2. The van der Waals surface area contributed by atoms with E-state index >= 15 is 0 Å². The van der Waals surface area contributed by atoms with Crippen LogP contribution in [0.1, 0.15) is 39.6 Å². The lowest BCUT2D eigenvalue weighted by atomic mass is 10.1. The number of rotatable bonds is 6. The third-order valence-corrected chi connectivity index (χ3v) is 7.24. The molecule has 174 valence electrons. The average molecular weight is 503 g/mol. The monoisotopic (exact) mass is 502 g/mol. The van der Waals surface area contributed by atoms with Crippen molar-refractivity contribution in [2.75, 3.05) is 12.4 Å². The molecule has 0 amide bonds. The van der Waals surface area contributed by atoms with Crippen LogP contribution in [-0.4, -0.2) is 28.0 Å². The topological polar surface area (TPSA) is 77.0 Å². The molecule has 1 aromatic carbocycles. The fourth-order valence-corrected chi connectivity index (χ4v) is 5.24. The van der Waals surface area contributed by atoms with Gasteiger partial charge in [-0.1, -0.05) is 24.3 Å². The molecule has 0 atom stereocenters. The number of carbonyl (C=O) groups excluding carboxylic acids is 1. The quantitative estimate of drug-likeness (QED) is 0.294. The van der Waals surface area contributed by atoms with E-state index in [2.05, 4.69) is 20.0 Å². The van der Waals surface area contributed by atoms with E-state index in [0.29, 0.717) is 17.2 Å². The fourth-order valence-electron chi connectivity index (χ4n) is 3.44. The van der Waals surface area contributed by atoms with Gasteiger partial charge in [0.25, 0.3) is 0 Å². The first-order valence-corrected chi connectivity index (χ1v) is 12.0. The highest BCUT2D eigenvalue weighted by molar-refractivity contribution is 7.16. The average Bonchev–Trinajstić information content (AvgIpc) is 3.35. The molecule has 0 bridgehead atoms. The molecule has 0 unspecified atom stereocenters. The summed E-state index contributed by atoms with van der Waals surface area (Å²) in [5, 5.41) is 6.23. The van der Waals surface area contributed by atoms with Crippen molar-refractivity contribution in [1.29, 1.82) is 0 Å². The fraction of sp³-hybridized carbons (Fsp3) is 0.217. The van der Waals surface area contributed by atoms with E-state index in [4.69, 9.17) is 4.98 Å². The molecule has 3 aromatic heterocycles. The first-order valence-electron chi connectivity index (χ1n) is 10.3. The van der Waals surface area contributed by atoms with Crippen LogP contribution in [-0.2, 0) is 10.9 Å². The number of benzene rings is 1. The zero-order valence-electron chi connectivity index (χ0n) is 17.7. The van der Waals surface area contributed by atoms with Gasteiger partial charge in [0.15, 0.2) is 5.13 Å². The summed E-state index contributed by atoms with van der Waals surface area (Å²) < 4.78 is 44.0. The van der Waals surface area contributed by atoms with Crippen LogP contribution in [0.25, 0.3) is 21.8 Å². The van der Waals surface area contributed by atoms with E-state index in [0.717, 1.165) is 52.7 Å². The molecule has 1 saturated carbocycles. The van der Waals surface area contributed by atoms with Gasteiger partial charge in [0.1, 0.15) is 16.4 Å². The number of esters is 1. The van der Waals surface area contributed by atoms with Crippen LogP contribution in [0.2, 0.25) is 0 Å². The second-order valence-electron chi connectivity index (χ2n) is 7.66. The van der Waals surface area contributed by atoms with Crippen LogP contribution in [0.15, 0.2) is 48.1 Å². The van der Waals surface area contributed by atoms with Crippen LogP contribution < -0.4 is 5.32 Å². The summed E-state index contributed by atoms with van der Waals surface area (Å²) in [6.45, 7) is 0. The maximum atomic E-state index is 13.1. The third-order valence-electron chi connectivity index (χ3n) is 5.28. The lowest BCUT2D eigenvalue weighted by Gasteiger charge is -2.11. The highest BCUT2D eigenvalue weighted by atomic mass is 32.1. The molecule has 1 aliphatic carbocycles. The van der Waals surface area contributed by atoms with Crippen molar-refractivity contribution in [2.24, 2.45) is 0 Å². The predicted molar refractivity (Wildman–Crippen MR) is 124 cm³/mol. The Hall–Kier alpha value is -3.31. The summed E-state index contributed by atoms with van der Waals surface area (Å²) in [7, 11) is 1.11. The van der Waals surface area contributed by atoms with Gasteiger partial charge >= 0.3 is 12.1 Å². The number of nitrogens with one attached hydrogen (secondary N) is 1. The molecule has 0 aliphatic heterocycles. The smallest absolute Gasteiger partial charge is 0.417 e. The van der Waals surface area contributed by atoms with Crippen molar-refractivity contribution in [3.8, 4) is 21.8 Å². The minimum Gasteiger partial charge on any atom is -0.465 e. The summed E-state index contributed by atoms with van der Waals surface area (Å²) in [6, 6.07) is 8.68. The van der Waals surface area contributed by atoms with Crippen LogP contribution in [0.3, 0.4) is 0 Å². The lowest BCUT2D eigenvalue weighted by molar-refractivity contribution is -0.137. The zero-order chi connectivity index (χ0) is 23.9. The Balaban J connectivity index is 1.48. The maximum Gasteiger partial charge on any atom is 0.417 e. The number of alkyl halides is 3. The van der Waals surface area contributed by atoms with Crippen molar-refractivity contribution < 1.29 is 22.7 Å². The number of hydrogen-bond donors (Lipinski definition) is 1. The summed E-state index contributed by atoms with van der Waals surface area (Å²) in [5.74, 6) is -0.568. The Morgan fingerprint density at radius 1 is 1.15 bits per heavy atom. The molecular weight excluding hydrogens is 485 g/mol. The summed E-state index contributed by atoms with van der Waals surface area (Å²) in [6.07, 6.45) is -0.0834. The third kappa shape index (κ3) is 4.53. The zero-order valence-corrected chi connectivity index (χ0v) is 19.4. The van der Waals surface area contributed by atoms with E-state index in [1.807, 2.05) is 29.6 Å². The van der Waals surface area contributed by atoms with Crippen molar-refractivity contribution in [1.82, 2.24) is 15.0 Å². The van der Waals surface area contributed by atoms with Gasteiger partial charge in [-0.15, -0.1) is 22.7 Å². The molecule has 4 aromatic rings. The number of nitrogens with zero attached hydrogens (tertiary/aromatic N) is 3.